The number of nitrogens with zero attached hydrogens (tertiary/aromatic N) is 3. The van der Waals surface area contributed by atoms with E-state index in [9.17, 15) is 18.8 Å². The highest BCUT2D eigenvalue weighted by atomic mass is 35.5. The van der Waals surface area contributed by atoms with Crippen LogP contribution in [0.1, 0.15) is 5.56 Å². The van der Waals surface area contributed by atoms with E-state index in [0.717, 1.165) is 11.3 Å². The number of halogens is 1. The summed E-state index contributed by atoms with van der Waals surface area (Å²) in [6, 6.07) is 12.4. The Kier molecular flexibility index (Phi) is 6.31. The van der Waals surface area contributed by atoms with Gasteiger partial charge in [-0.1, -0.05) is 23.7 Å². The molecule has 0 bridgehead atoms. The molecule has 1 heterocycles. The number of hydrogen-bond acceptors (Lipinski definition) is 7. The molecule has 152 valence electrons. The van der Waals surface area contributed by atoms with Gasteiger partial charge in [-0.3, -0.25) is 5.21 Å². The van der Waals surface area contributed by atoms with Crippen LogP contribution in [0, 0.1) is 5.21 Å². The number of sulfonamides is 1. The van der Waals surface area contributed by atoms with Gasteiger partial charge >= 0.3 is 0 Å². The third-order valence-electron chi connectivity index (χ3n) is 4.66. The summed E-state index contributed by atoms with van der Waals surface area (Å²) in [6.07, 6.45) is 1.21. The summed E-state index contributed by atoms with van der Waals surface area (Å²) in [4.78, 5) is 2.05. The Morgan fingerprint density at radius 1 is 1.14 bits per heavy atom. The van der Waals surface area contributed by atoms with Gasteiger partial charge in [0.2, 0.25) is 10.0 Å². The number of nitrogens with one attached hydrogen (secondary N) is 1. The maximum Gasteiger partial charge on any atom is 0.211 e. The number of hydrogen-bond donors (Lipinski definition) is 2. The van der Waals surface area contributed by atoms with E-state index >= 15 is 0 Å². The molecule has 10 heteroatoms. The Labute approximate surface area is 169 Å². The van der Waals surface area contributed by atoms with Crippen LogP contribution in [0.3, 0.4) is 0 Å². The molecule has 2 aromatic carbocycles. The first-order valence-corrected chi connectivity index (χ1v) is 11.0. The summed E-state index contributed by atoms with van der Waals surface area (Å²) in [6.45, 7) is 2.35. The first-order chi connectivity index (χ1) is 13.2. The molecule has 0 aliphatic carbocycles. The van der Waals surface area contributed by atoms with E-state index < -0.39 is 10.0 Å². The molecular formula is C18H22ClN4O4S-. The SMILES string of the molecule is CS(=O)(=O)N1CCN(c2ccc(N([O-])O)c(NCc3ccc(Cl)cc3)c2)CC1. The quantitative estimate of drug-likeness (QED) is 0.686. The zero-order valence-corrected chi connectivity index (χ0v) is 16.9. The van der Waals surface area contributed by atoms with E-state index in [-0.39, 0.29) is 10.9 Å². The first kappa shape index (κ1) is 20.7. The third-order valence-corrected chi connectivity index (χ3v) is 6.21. The molecule has 8 nitrogen and oxygen atoms in total. The van der Waals surface area contributed by atoms with Gasteiger partial charge in [-0.05, 0) is 35.9 Å². The molecule has 0 spiro atoms. The second-order valence-electron chi connectivity index (χ2n) is 6.60. The predicted molar refractivity (Wildman–Crippen MR) is 111 cm³/mol. The van der Waals surface area contributed by atoms with Gasteiger partial charge in [0.1, 0.15) is 0 Å². The lowest BCUT2D eigenvalue weighted by Crippen LogP contribution is -2.48. The first-order valence-electron chi connectivity index (χ1n) is 8.72. The van der Waals surface area contributed by atoms with Crippen molar-refractivity contribution in [3.63, 3.8) is 0 Å². The van der Waals surface area contributed by atoms with E-state index in [1.807, 2.05) is 17.0 Å². The van der Waals surface area contributed by atoms with Gasteiger partial charge in [0.05, 0.1) is 17.6 Å². The number of rotatable bonds is 6. The van der Waals surface area contributed by atoms with E-state index in [1.165, 1.54) is 16.6 Å². The van der Waals surface area contributed by atoms with Crippen LogP contribution in [0.2, 0.25) is 5.02 Å². The molecule has 0 unspecified atom stereocenters. The molecule has 28 heavy (non-hydrogen) atoms. The molecule has 2 N–H and O–H groups in total. The van der Waals surface area contributed by atoms with E-state index in [2.05, 4.69) is 5.32 Å². The van der Waals surface area contributed by atoms with Crippen molar-refractivity contribution in [3.05, 3.63) is 58.3 Å². The van der Waals surface area contributed by atoms with Crippen LogP contribution in [0.15, 0.2) is 42.5 Å². The van der Waals surface area contributed by atoms with E-state index in [4.69, 9.17) is 11.6 Å². The molecule has 2 aromatic rings. The fourth-order valence-corrected chi connectivity index (χ4v) is 4.06. The topological polar surface area (TPSA) is 99.2 Å². The monoisotopic (exact) mass is 425 g/mol. The van der Waals surface area contributed by atoms with Crippen molar-refractivity contribution >= 4 is 38.7 Å². The molecule has 1 fully saturated rings. The largest absolute Gasteiger partial charge is 0.733 e. The minimum Gasteiger partial charge on any atom is -0.733 e. The van der Waals surface area contributed by atoms with Crippen LogP contribution in [-0.4, -0.2) is 50.4 Å². The summed E-state index contributed by atoms with van der Waals surface area (Å²) in [5, 5.41) is 24.5. The third kappa shape index (κ3) is 5.06. The summed E-state index contributed by atoms with van der Waals surface area (Å²) in [5.74, 6) is 0. The van der Waals surface area contributed by atoms with Gasteiger partial charge in [-0.2, -0.15) is 4.31 Å². The van der Waals surface area contributed by atoms with Crippen molar-refractivity contribution < 1.29 is 13.6 Å². The van der Waals surface area contributed by atoms with Gasteiger partial charge in [0, 0.05) is 43.4 Å². The number of piperazine rings is 1. The predicted octanol–water partition coefficient (Wildman–Crippen LogP) is 2.73. The highest BCUT2D eigenvalue weighted by Gasteiger charge is 2.23. The lowest BCUT2D eigenvalue weighted by atomic mass is 10.2. The minimum absolute atomic E-state index is 0.104. The van der Waals surface area contributed by atoms with Crippen LogP contribution in [-0.2, 0) is 16.6 Å². The van der Waals surface area contributed by atoms with Gasteiger partial charge in [0.25, 0.3) is 0 Å². The molecule has 0 atom stereocenters. The standard InChI is InChI=1S/C18H22ClN4O4S/c1-28(26,27)22-10-8-21(9-11-22)16-6-7-18(23(24)25)17(12-16)20-13-14-2-4-15(19)5-3-14/h2-7,12,20,24H,8-11,13H2,1H3/q-1. The molecule has 1 saturated heterocycles. The van der Waals surface area contributed by atoms with Crippen molar-refractivity contribution in [1.82, 2.24) is 4.31 Å². The van der Waals surface area contributed by atoms with Gasteiger partial charge in [0.15, 0.2) is 0 Å². The van der Waals surface area contributed by atoms with Crippen LogP contribution < -0.4 is 15.4 Å². The van der Waals surface area contributed by atoms with Crippen molar-refractivity contribution in [2.45, 2.75) is 6.54 Å². The molecule has 1 aliphatic heterocycles. The van der Waals surface area contributed by atoms with Gasteiger partial charge in [-0.25, -0.2) is 8.42 Å². The average molecular weight is 426 g/mol. The van der Waals surface area contributed by atoms with Crippen LogP contribution in [0.4, 0.5) is 17.1 Å². The highest BCUT2D eigenvalue weighted by Crippen LogP contribution is 2.31. The zero-order chi connectivity index (χ0) is 20.3. The second-order valence-corrected chi connectivity index (χ2v) is 9.02. The molecule has 0 aromatic heterocycles. The Bertz CT molecular complexity index is 914. The van der Waals surface area contributed by atoms with Crippen molar-refractivity contribution in [1.29, 1.82) is 0 Å². The van der Waals surface area contributed by atoms with E-state index in [1.54, 1.807) is 24.3 Å². The summed E-state index contributed by atoms with van der Waals surface area (Å²) in [7, 11) is -3.20. The number of anilines is 3. The summed E-state index contributed by atoms with van der Waals surface area (Å²) >= 11 is 5.89. The fraction of sp³-hybridized carbons (Fsp3) is 0.333. The molecule has 0 amide bonds. The maximum atomic E-state index is 11.7. The van der Waals surface area contributed by atoms with Crippen LogP contribution in [0.25, 0.3) is 0 Å². The maximum absolute atomic E-state index is 11.7. The Morgan fingerprint density at radius 2 is 1.79 bits per heavy atom. The Balaban J connectivity index is 1.75. The molecule has 0 saturated carbocycles. The summed E-state index contributed by atoms with van der Waals surface area (Å²) < 4.78 is 24.8. The van der Waals surface area contributed by atoms with E-state index in [0.29, 0.717) is 43.4 Å². The van der Waals surface area contributed by atoms with Gasteiger partial charge < -0.3 is 20.7 Å². The molecule has 0 radical (unpaired) electrons. The average Bonchev–Trinajstić information content (AvgIpc) is 2.66. The Hall–Kier alpha value is -2.04. The van der Waals surface area contributed by atoms with Gasteiger partial charge in [-0.15, -0.1) is 0 Å². The second kappa shape index (κ2) is 8.54. The van der Waals surface area contributed by atoms with Crippen LogP contribution in [0.5, 0.6) is 0 Å². The highest BCUT2D eigenvalue weighted by molar-refractivity contribution is 7.88. The minimum atomic E-state index is -3.20. The molecule has 1 aliphatic rings. The lowest BCUT2D eigenvalue weighted by Gasteiger charge is -2.35. The smallest absolute Gasteiger partial charge is 0.211 e. The normalized spacial score (nSPS) is 15.5. The van der Waals surface area contributed by atoms with Crippen molar-refractivity contribution in [2.75, 3.05) is 47.9 Å². The van der Waals surface area contributed by atoms with Crippen molar-refractivity contribution in [3.8, 4) is 0 Å². The lowest BCUT2D eigenvalue weighted by molar-refractivity contribution is 0.297. The molecule has 3 rings (SSSR count). The zero-order valence-electron chi connectivity index (χ0n) is 15.4. The fourth-order valence-electron chi connectivity index (χ4n) is 3.11. The summed E-state index contributed by atoms with van der Waals surface area (Å²) in [5.41, 5.74) is 2.40. The molecular weight excluding hydrogens is 404 g/mol. The van der Waals surface area contributed by atoms with Crippen LogP contribution >= 0.6 is 11.6 Å². The number of benzene rings is 2. The Morgan fingerprint density at radius 3 is 2.36 bits per heavy atom. The van der Waals surface area contributed by atoms with Crippen molar-refractivity contribution in [2.24, 2.45) is 0 Å².